The average molecular weight is 299 g/mol. The lowest BCUT2D eigenvalue weighted by atomic mass is 10.1. The average Bonchev–Trinajstić information content (AvgIpc) is 2.39. The number of phenols is 1. The number of rotatable bonds is 3. The molecule has 108 valence electrons. The highest BCUT2D eigenvalue weighted by molar-refractivity contribution is 6.10. The van der Waals surface area contributed by atoms with E-state index < -0.39 is 39.5 Å². The minimum atomic E-state index is -5.04. The van der Waals surface area contributed by atoms with Crippen LogP contribution in [-0.4, -0.2) is 15.7 Å². The van der Waals surface area contributed by atoms with Crippen molar-refractivity contribution in [2.45, 2.75) is 6.18 Å². The normalized spacial score (nSPS) is 10.1. The minimum absolute atomic E-state index is 0.253. The van der Waals surface area contributed by atoms with E-state index in [2.05, 4.69) is 5.10 Å². The summed E-state index contributed by atoms with van der Waals surface area (Å²) in [5.41, 5.74) is -2.44. The zero-order valence-electron chi connectivity index (χ0n) is 9.84. The van der Waals surface area contributed by atoms with Crippen LogP contribution in [0.3, 0.4) is 0 Å². The molecular formula is C10H4F3N5O3. The number of hydrogen-bond acceptors (Lipinski definition) is 7. The number of nitro benzene ring substituents is 1. The summed E-state index contributed by atoms with van der Waals surface area (Å²) in [5.74, 6) is -0.895. The quantitative estimate of drug-likeness (QED) is 0.380. The predicted octanol–water partition coefficient (Wildman–Crippen LogP) is 2.13. The molecule has 1 aromatic carbocycles. The van der Waals surface area contributed by atoms with Crippen LogP contribution in [0.2, 0.25) is 0 Å². The molecule has 2 N–H and O–H groups in total. The molecule has 0 aliphatic carbocycles. The van der Waals surface area contributed by atoms with Gasteiger partial charge in [-0.25, -0.2) is 0 Å². The molecule has 0 heterocycles. The number of halogens is 3. The number of aromatic hydroxyl groups is 1. The molecule has 8 nitrogen and oxygen atoms in total. The molecule has 0 atom stereocenters. The topological polar surface area (TPSA) is 135 Å². The number of nitriles is 2. The van der Waals surface area contributed by atoms with Crippen molar-refractivity contribution in [2.24, 2.45) is 5.10 Å². The molecule has 11 heteroatoms. The Balaban J connectivity index is 3.38. The Morgan fingerprint density at radius 1 is 1.38 bits per heavy atom. The molecule has 0 amide bonds. The van der Waals surface area contributed by atoms with Crippen molar-refractivity contribution in [2.75, 3.05) is 5.43 Å². The molecule has 0 saturated carbocycles. The lowest BCUT2D eigenvalue weighted by molar-refractivity contribution is -0.388. The van der Waals surface area contributed by atoms with E-state index in [1.165, 1.54) is 12.1 Å². The number of nitro groups is 1. The van der Waals surface area contributed by atoms with Crippen LogP contribution in [0, 0.1) is 32.8 Å². The number of benzene rings is 1. The molecule has 0 spiro atoms. The highest BCUT2D eigenvalue weighted by Gasteiger charge is 2.39. The number of alkyl halides is 3. The Morgan fingerprint density at radius 3 is 2.38 bits per heavy atom. The number of nitrogens with one attached hydrogen (secondary N) is 1. The van der Waals surface area contributed by atoms with Crippen molar-refractivity contribution in [1.29, 1.82) is 10.5 Å². The van der Waals surface area contributed by atoms with Crippen molar-refractivity contribution < 1.29 is 23.2 Å². The Morgan fingerprint density at radius 2 is 1.95 bits per heavy atom. The fourth-order valence-corrected chi connectivity index (χ4v) is 1.24. The van der Waals surface area contributed by atoms with Gasteiger partial charge in [0.1, 0.15) is 23.5 Å². The molecule has 1 rings (SSSR count). The van der Waals surface area contributed by atoms with Gasteiger partial charge in [0.25, 0.3) is 5.69 Å². The largest absolute Gasteiger partial charge is 0.505 e. The van der Waals surface area contributed by atoms with Gasteiger partial charge in [-0.15, -0.1) is 0 Å². The zero-order valence-corrected chi connectivity index (χ0v) is 9.84. The molecule has 0 saturated heterocycles. The summed E-state index contributed by atoms with van der Waals surface area (Å²) >= 11 is 0. The standard InChI is InChI=1S/C10H4F3N5O3/c11-10(12,13)6-1-7(17-16-5(3-14)4-15)9(19)2-8(6)18(20)21/h1-2,17,19H. The summed E-state index contributed by atoms with van der Waals surface area (Å²) in [6.07, 6.45) is -5.04. The maximum atomic E-state index is 12.7. The lowest BCUT2D eigenvalue weighted by Gasteiger charge is -2.10. The molecule has 0 aliphatic rings. The van der Waals surface area contributed by atoms with Crippen LogP contribution in [0.1, 0.15) is 5.56 Å². The van der Waals surface area contributed by atoms with Crippen LogP contribution in [0.4, 0.5) is 24.5 Å². The van der Waals surface area contributed by atoms with Gasteiger partial charge in [0, 0.05) is 0 Å². The van der Waals surface area contributed by atoms with Gasteiger partial charge >= 0.3 is 6.18 Å². The number of anilines is 1. The SMILES string of the molecule is N#CC(C#N)=NNc1cc(C(F)(F)F)c([N+](=O)[O-])cc1O. The Kier molecular flexibility index (Phi) is 4.30. The molecule has 0 fully saturated rings. The van der Waals surface area contributed by atoms with Crippen LogP contribution in [0.15, 0.2) is 17.2 Å². The van der Waals surface area contributed by atoms with E-state index in [9.17, 15) is 28.4 Å². The van der Waals surface area contributed by atoms with Crippen molar-refractivity contribution >= 4 is 17.1 Å². The van der Waals surface area contributed by atoms with Gasteiger partial charge in [-0.05, 0) is 6.07 Å². The van der Waals surface area contributed by atoms with Gasteiger partial charge in [-0.1, -0.05) is 0 Å². The Hall–Kier alpha value is -3.34. The van der Waals surface area contributed by atoms with Crippen LogP contribution < -0.4 is 5.43 Å². The van der Waals surface area contributed by atoms with Gasteiger partial charge in [-0.3, -0.25) is 15.5 Å². The summed E-state index contributed by atoms with van der Waals surface area (Å²) in [4.78, 5) is 9.25. The number of nitrogens with zero attached hydrogens (tertiary/aromatic N) is 4. The second-order valence-electron chi connectivity index (χ2n) is 3.44. The van der Waals surface area contributed by atoms with Crippen molar-refractivity contribution in [3.05, 3.63) is 27.8 Å². The molecule has 0 radical (unpaired) electrons. The maximum absolute atomic E-state index is 12.7. The first-order valence-corrected chi connectivity index (χ1v) is 4.93. The third-order valence-electron chi connectivity index (χ3n) is 2.12. The zero-order chi connectivity index (χ0) is 16.2. The van der Waals surface area contributed by atoms with Gasteiger partial charge in [0.15, 0.2) is 0 Å². The summed E-state index contributed by atoms with van der Waals surface area (Å²) in [6, 6.07) is 3.20. The number of hydrazone groups is 1. The van der Waals surface area contributed by atoms with Gasteiger partial charge in [-0.2, -0.15) is 28.8 Å². The van der Waals surface area contributed by atoms with Crippen molar-refractivity contribution in [3.8, 4) is 17.9 Å². The van der Waals surface area contributed by atoms with E-state index in [0.29, 0.717) is 6.07 Å². The van der Waals surface area contributed by atoms with Crippen LogP contribution in [0.5, 0.6) is 5.75 Å². The second kappa shape index (κ2) is 5.75. The third kappa shape index (κ3) is 3.57. The molecule has 0 unspecified atom stereocenters. The van der Waals surface area contributed by atoms with Crippen molar-refractivity contribution in [1.82, 2.24) is 0 Å². The van der Waals surface area contributed by atoms with E-state index in [-0.39, 0.29) is 6.07 Å². The number of hydrogen-bond donors (Lipinski definition) is 2. The molecule has 0 aliphatic heterocycles. The van der Waals surface area contributed by atoms with Crippen molar-refractivity contribution in [3.63, 3.8) is 0 Å². The highest BCUT2D eigenvalue weighted by Crippen LogP contribution is 2.41. The van der Waals surface area contributed by atoms with Crippen LogP contribution >= 0.6 is 0 Å². The molecule has 1 aromatic rings. The van der Waals surface area contributed by atoms with E-state index in [0.717, 1.165) is 0 Å². The van der Waals surface area contributed by atoms with Gasteiger partial charge < -0.3 is 5.11 Å². The second-order valence-corrected chi connectivity index (χ2v) is 3.44. The highest BCUT2D eigenvalue weighted by atomic mass is 19.4. The van der Waals surface area contributed by atoms with E-state index in [1.807, 2.05) is 5.43 Å². The van der Waals surface area contributed by atoms with E-state index >= 15 is 0 Å². The number of phenolic OH excluding ortho intramolecular Hbond substituents is 1. The maximum Gasteiger partial charge on any atom is 0.423 e. The molecule has 0 aromatic heterocycles. The van der Waals surface area contributed by atoms with Gasteiger partial charge in [0.2, 0.25) is 5.71 Å². The molecular weight excluding hydrogens is 295 g/mol. The van der Waals surface area contributed by atoms with Crippen LogP contribution in [-0.2, 0) is 6.18 Å². The fraction of sp³-hybridized carbons (Fsp3) is 0.100. The Labute approximate surface area is 114 Å². The minimum Gasteiger partial charge on any atom is -0.505 e. The van der Waals surface area contributed by atoms with Gasteiger partial charge in [0.05, 0.1) is 16.7 Å². The third-order valence-corrected chi connectivity index (χ3v) is 2.12. The fourth-order valence-electron chi connectivity index (χ4n) is 1.24. The predicted molar refractivity (Wildman–Crippen MR) is 62.0 cm³/mol. The van der Waals surface area contributed by atoms with E-state index in [4.69, 9.17) is 10.5 Å². The summed E-state index contributed by atoms with van der Waals surface area (Å²) in [7, 11) is 0. The molecule has 21 heavy (non-hydrogen) atoms. The smallest absolute Gasteiger partial charge is 0.423 e. The Bertz CT molecular complexity index is 684. The summed E-state index contributed by atoms with van der Waals surface area (Å²) in [5, 5.41) is 39.9. The first-order valence-electron chi connectivity index (χ1n) is 4.93. The van der Waals surface area contributed by atoms with E-state index in [1.54, 1.807) is 0 Å². The molecule has 0 bridgehead atoms. The summed E-state index contributed by atoms with van der Waals surface area (Å²) in [6.45, 7) is 0. The monoisotopic (exact) mass is 299 g/mol. The first-order chi connectivity index (χ1) is 9.70. The lowest BCUT2D eigenvalue weighted by Crippen LogP contribution is -2.10. The van der Waals surface area contributed by atoms with Crippen LogP contribution in [0.25, 0.3) is 0 Å². The summed E-state index contributed by atoms with van der Waals surface area (Å²) < 4.78 is 38.1. The first kappa shape index (κ1) is 15.7.